The Bertz CT molecular complexity index is 812. The Hall–Kier alpha value is -2.47. The molecule has 3 rings (SSSR count). The molecule has 5 nitrogen and oxygen atoms in total. The molecule has 1 aliphatic rings. The second-order valence-corrected chi connectivity index (χ2v) is 6.09. The van der Waals surface area contributed by atoms with Gasteiger partial charge in [0.05, 0.1) is 4.90 Å². The van der Waals surface area contributed by atoms with E-state index in [9.17, 15) is 13.2 Å². The second-order valence-electron chi connectivity index (χ2n) is 4.29. The van der Waals surface area contributed by atoms with Crippen molar-refractivity contribution in [3.8, 4) is 0 Å². The van der Waals surface area contributed by atoms with Crippen LogP contribution in [0.4, 0.5) is 5.69 Å². The smallest absolute Gasteiger partial charge is 0.255 e. The lowest BCUT2D eigenvalue weighted by Gasteiger charge is -2.07. The maximum Gasteiger partial charge on any atom is 0.255 e. The largest absolute Gasteiger partial charge is 0.322 e. The van der Waals surface area contributed by atoms with Crippen LogP contribution in [-0.2, 0) is 9.84 Å². The quantitative estimate of drug-likeness (QED) is 0.917. The normalized spacial score (nSPS) is 14.8. The van der Waals surface area contributed by atoms with Crippen molar-refractivity contribution in [1.29, 1.82) is 0 Å². The third kappa shape index (κ3) is 2.21. The molecule has 0 radical (unpaired) electrons. The number of hydrogen-bond acceptors (Lipinski definition) is 4. The number of aromatic nitrogens is 1. The van der Waals surface area contributed by atoms with Gasteiger partial charge in [-0.3, -0.25) is 9.78 Å². The first kappa shape index (κ1) is 12.6. The van der Waals surface area contributed by atoms with E-state index >= 15 is 0 Å². The Morgan fingerprint density at radius 1 is 1.10 bits per heavy atom. The second kappa shape index (κ2) is 4.57. The van der Waals surface area contributed by atoms with Crippen LogP contribution in [0.5, 0.6) is 0 Å². The molecule has 2 heterocycles. The van der Waals surface area contributed by atoms with Crippen LogP contribution in [0.3, 0.4) is 0 Å². The Labute approximate surface area is 115 Å². The van der Waals surface area contributed by atoms with Gasteiger partial charge in [-0.2, -0.15) is 0 Å². The van der Waals surface area contributed by atoms with Crippen molar-refractivity contribution in [3.05, 3.63) is 59.3 Å². The van der Waals surface area contributed by atoms with Crippen LogP contribution in [0.1, 0.15) is 15.9 Å². The Morgan fingerprint density at radius 3 is 2.60 bits per heavy atom. The molecule has 0 fully saturated rings. The van der Waals surface area contributed by atoms with E-state index in [4.69, 9.17) is 0 Å². The molecule has 0 aliphatic carbocycles. The first-order valence-corrected chi connectivity index (χ1v) is 7.39. The van der Waals surface area contributed by atoms with Gasteiger partial charge in [-0.25, -0.2) is 8.42 Å². The number of pyridine rings is 1. The van der Waals surface area contributed by atoms with E-state index in [-0.39, 0.29) is 10.8 Å². The van der Waals surface area contributed by atoms with Crippen LogP contribution < -0.4 is 5.32 Å². The van der Waals surface area contributed by atoms with Gasteiger partial charge in [0.25, 0.3) is 5.91 Å². The zero-order valence-electron chi connectivity index (χ0n) is 10.3. The molecule has 1 aliphatic heterocycles. The number of rotatable bonds is 2. The highest BCUT2D eigenvalue weighted by Crippen LogP contribution is 2.29. The van der Waals surface area contributed by atoms with Gasteiger partial charge < -0.3 is 5.32 Å². The lowest BCUT2D eigenvalue weighted by molar-refractivity contribution is 0.102. The number of carbonyl (C=O) groups excluding carboxylic acids is 1. The van der Waals surface area contributed by atoms with Crippen molar-refractivity contribution in [2.45, 2.75) is 4.90 Å². The van der Waals surface area contributed by atoms with Crippen LogP contribution in [0.15, 0.2) is 53.0 Å². The van der Waals surface area contributed by atoms with E-state index in [0.29, 0.717) is 16.8 Å². The van der Waals surface area contributed by atoms with Gasteiger partial charge >= 0.3 is 0 Å². The number of fused-ring (bicyclic) bond motifs is 1. The maximum atomic E-state index is 12.0. The highest BCUT2D eigenvalue weighted by atomic mass is 32.2. The van der Waals surface area contributed by atoms with Gasteiger partial charge in [0.1, 0.15) is 0 Å². The van der Waals surface area contributed by atoms with Crippen LogP contribution in [0.25, 0.3) is 6.08 Å². The minimum Gasteiger partial charge on any atom is -0.322 e. The summed E-state index contributed by atoms with van der Waals surface area (Å²) in [6.45, 7) is 0. The number of amides is 1. The molecule has 1 aromatic carbocycles. The molecule has 1 aromatic heterocycles. The van der Waals surface area contributed by atoms with Crippen LogP contribution in [0.2, 0.25) is 0 Å². The third-order valence-corrected chi connectivity index (χ3v) is 4.41. The van der Waals surface area contributed by atoms with Gasteiger partial charge in [-0.15, -0.1) is 0 Å². The average molecular weight is 286 g/mol. The van der Waals surface area contributed by atoms with Crippen molar-refractivity contribution in [3.63, 3.8) is 0 Å². The van der Waals surface area contributed by atoms with E-state index in [2.05, 4.69) is 10.3 Å². The summed E-state index contributed by atoms with van der Waals surface area (Å²) in [4.78, 5) is 16.0. The van der Waals surface area contributed by atoms with Gasteiger partial charge in [0.15, 0.2) is 0 Å². The lowest BCUT2D eigenvalue weighted by Crippen LogP contribution is -2.12. The predicted octanol–water partition coefficient (Wildman–Crippen LogP) is 2.09. The number of carbonyl (C=O) groups is 1. The van der Waals surface area contributed by atoms with E-state index < -0.39 is 9.84 Å². The molecule has 0 bridgehead atoms. The first-order valence-electron chi connectivity index (χ1n) is 5.85. The van der Waals surface area contributed by atoms with E-state index in [1.807, 2.05) is 0 Å². The van der Waals surface area contributed by atoms with Crippen molar-refractivity contribution in [1.82, 2.24) is 4.98 Å². The summed E-state index contributed by atoms with van der Waals surface area (Å²) < 4.78 is 23.5. The highest BCUT2D eigenvalue weighted by Gasteiger charge is 2.21. The third-order valence-electron chi connectivity index (χ3n) is 2.95. The number of sulfone groups is 1. The van der Waals surface area contributed by atoms with Crippen molar-refractivity contribution in [2.75, 3.05) is 5.32 Å². The fourth-order valence-electron chi connectivity index (χ4n) is 1.94. The van der Waals surface area contributed by atoms with Crippen LogP contribution in [0, 0.1) is 0 Å². The fourth-order valence-corrected chi connectivity index (χ4v) is 3.17. The van der Waals surface area contributed by atoms with Crippen molar-refractivity contribution >= 4 is 27.5 Å². The molecule has 1 amide bonds. The molecule has 0 unspecified atom stereocenters. The standard InChI is InChI=1S/C14H10N2O3S/c17-14(11-3-6-15-7-4-11)16-12-2-1-10-5-8-20(18,19)13(10)9-12/h1-9H,(H,16,17). The summed E-state index contributed by atoms with van der Waals surface area (Å²) in [5, 5.41) is 3.83. The Kier molecular flexibility index (Phi) is 2.87. The average Bonchev–Trinajstić information content (AvgIpc) is 2.75. The zero-order valence-corrected chi connectivity index (χ0v) is 11.1. The summed E-state index contributed by atoms with van der Waals surface area (Å²) >= 11 is 0. The summed E-state index contributed by atoms with van der Waals surface area (Å²) in [7, 11) is -3.37. The number of nitrogens with zero attached hydrogens (tertiary/aromatic N) is 1. The SMILES string of the molecule is O=C(Nc1ccc2c(c1)S(=O)(=O)C=C2)c1ccncc1. The Balaban J connectivity index is 1.89. The molecule has 6 heteroatoms. The minimum absolute atomic E-state index is 0.213. The number of nitrogens with one attached hydrogen (secondary N) is 1. The summed E-state index contributed by atoms with van der Waals surface area (Å²) in [5.74, 6) is -0.310. The number of hydrogen-bond donors (Lipinski definition) is 1. The van der Waals surface area contributed by atoms with Crippen LogP contribution in [-0.4, -0.2) is 19.3 Å². The molecule has 0 saturated carbocycles. The van der Waals surface area contributed by atoms with E-state index in [1.165, 1.54) is 18.5 Å². The molecule has 0 saturated heterocycles. The van der Waals surface area contributed by atoms with Crippen molar-refractivity contribution in [2.24, 2.45) is 0 Å². The van der Waals surface area contributed by atoms with Gasteiger partial charge in [-0.1, -0.05) is 6.07 Å². The number of benzene rings is 1. The minimum atomic E-state index is -3.37. The van der Waals surface area contributed by atoms with E-state index in [0.717, 1.165) is 5.41 Å². The first-order chi connectivity index (χ1) is 9.56. The maximum absolute atomic E-state index is 12.0. The molecular formula is C14H10N2O3S. The molecule has 2 aromatic rings. The van der Waals surface area contributed by atoms with Crippen LogP contribution >= 0.6 is 0 Å². The molecule has 20 heavy (non-hydrogen) atoms. The lowest BCUT2D eigenvalue weighted by atomic mass is 10.2. The van der Waals surface area contributed by atoms with E-state index in [1.54, 1.807) is 30.3 Å². The van der Waals surface area contributed by atoms with Gasteiger partial charge in [0.2, 0.25) is 9.84 Å². The molecule has 0 spiro atoms. The van der Waals surface area contributed by atoms with Gasteiger partial charge in [0, 0.05) is 29.1 Å². The number of anilines is 1. The molecule has 0 atom stereocenters. The molecule has 100 valence electrons. The molecular weight excluding hydrogens is 276 g/mol. The zero-order chi connectivity index (χ0) is 14.2. The molecule has 1 N–H and O–H groups in total. The summed E-state index contributed by atoms with van der Waals surface area (Å²) in [5.41, 5.74) is 1.53. The van der Waals surface area contributed by atoms with Gasteiger partial charge in [-0.05, 0) is 35.9 Å². The fraction of sp³-hybridized carbons (Fsp3) is 0. The van der Waals surface area contributed by atoms with Crippen molar-refractivity contribution < 1.29 is 13.2 Å². The summed E-state index contributed by atoms with van der Waals surface area (Å²) in [6, 6.07) is 7.97. The monoisotopic (exact) mass is 286 g/mol. The predicted molar refractivity (Wildman–Crippen MR) is 74.9 cm³/mol. The highest BCUT2D eigenvalue weighted by molar-refractivity contribution is 7.94. The summed E-state index contributed by atoms with van der Waals surface area (Å²) in [6.07, 6.45) is 4.58. The Morgan fingerprint density at radius 2 is 1.85 bits per heavy atom. The topological polar surface area (TPSA) is 76.1 Å².